The minimum Gasteiger partial charge on any atom is -0.474 e. The molecule has 0 radical (unpaired) electrons. The fourth-order valence-electron chi connectivity index (χ4n) is 2.88. The molecule has 0 unspecified atom stereocenters. The van der Waals surface area contributed by atoms with Gasteiger partial charge < -0.3 is 9.64 Å². The smallest absolute Gasteiger partial charge is 0.416 e. The maximum Gasteiger partial charge on any atom is 0.416 e. The van der Waals surface area contributed by atoms with Crippen LogP contribution in [0.15, 0.2) is 41.4 Å². The van der Waals surface area contributed by atoms with Crippen molar-refractivity contribution in [1.29, 1.82) is 0 Å². The van der Waals surface area contributed by atoms with Crippen LogP contribution in [-0.2, 0) is 16.2 Å². The molecule has 0 bridgehead atoms. The van der Waals surface area contributed by atoms with Crippen LogP contribution in [0.4, 0.5) is 18.9 Å². The summed E-state index contributed by atoms with van der Waals surface area (Å²) in [5, 5.41) is 0. The fourth-order valence-corrected chi connectivity index (χ4v) is 4.32. The number of aromatic nitrogens is 1. The lowest BCUT2D eigenvalue weighted by molar-refractivity contribution is -0.137. The molecule has 1 aromatic carbocycles. The van der Waals surface area contributed by atoms with E-state index in [1.54, 1.807) is 7.05 Å². The number of fused-ring (bicyclic) bond motifs is 1. The third-order valence-corrected chi connectivity index (χ3v) is 6.79. The summed E-state index contributed by atoms with van der Waals surface area (Å²) >= 11 is 0. The van der Waals surface area contributed by atoms with Crippen molar-refractivity contribution in [3.8, 4) is 5.88 Å². The quantitative estimate of drug-likeness (QED) is 0.704. The number of hydrogen-bond donors (Lipinski definition) is 0. The molecule has 7 nitrogen and oxygen atoms in total. The van der Waals surface area contributed by atoms with Gasteiger partial charge in [-0.15, -0.1) is 0 Å². The summed E-state index contributed by atoms with van der Waals surface area (Å²) < 4.78 is 71.2. The van der Waals surface area contributed by atoms with Crippen molar-refractivity contribution in [2.24, 2.45) is 0 Å². The van der Waals surface area contributed by atoms with E-state index in [2.05, 4.69) is 4.98 Å². The van der Waals surface area contributed by atoms with Crippen LogP contribution >= 0.6 is 0 Å². The second kappa shape index (κ2) is 7.70. The van der Waals surface area contributed by atoms with Crippen molar-refractivity contribution in [1.82, 2.24) is 9.88 Å². The molecule has 0 atom stereocenters. The van der Waals surface area contributed by atoms with Gasteiger partial charge >= 0.3 is 6.18 Å². The van der Waals surface area contributed by atoms with E-state index < -0.39 is 27.3 Å². The Bertz CT molecular complexity index is 1090. The van der Waals surface area contributed by atoms with Gasteiger partial charge in [0.2, 0.25) is 5.88 Å². The van der Waals surface area contributed by atoms with Gasteiger partial charge in [0.25, 0.3) is 15.9 Å². The summed E-state index contributed by atoms with van der Waals surface area (Å²) in [5.74, 6) is -0.336. The van der Waals surface area contributed by atoms with Crippen molar-refractivity contribution in [3.63, 3.8) is 0 Å². The number of carbonyl (C=O) groups excluding carboxylic acids is 1. The molecule has 0 N–H and O–H groups in total. The first-order chi connectivity index (χ1) is 14.2. The van der Waals surface area contributed by atoms with Crippen LogP contribution in [0.25, 0.3) is 0 Å². The molecular weight excluding hydrogens is 435 g/mol. The molecule has 1 aromatic heterocycles. The predicted molar refractivity (Wildman–Crippen MR) is 108 cm³/mol. The Hall–Kier alpha value is -2.82. The van der Waals surface area contributed by atoms with Crippen molar-refractivity contribution in [2.75, 3.05) is 24.5 Å². The number of alkyl halides is 3. The molecule has 3 rings (SSSR count). The maximum atomic E-state index is 13.2. The number of rotatable bonds is 3. The van der Waals surface area contributed by atoms with Crippen LogP contribution in [0, 0.1) is 0 Å². The van der Waals surface area contributed by atoms with E-state index in [9.17, 15) is 26.4 Å². The summed E-state index contributed by atoms with van der Waals surface area (Å²) in [6.45, 7) is 5.48. The number of ether oxygens (including phenoxy) is 1. The van der Waals surface area contributed by atoms with E-state index in [4.69, 9.17) is 4.74 Å². The second-order valence-corrected chi connectivity index (χ2v) is 9.89. The highest BCUT2D eigenvalue weighted by molar-refractivity contribution is 7.92. The molecule has 0 spiro atoms. The van der Waals surface area contributed by atoms with E-state index in [0.717, 1.165) is 16.4 Å². The van der Waals surface area contributed by atoms with Crippen LogP contribution in [-0.4, -0.2) is 49.9 Å². The number of sulfonamides is 1. The van der Waals surface area contributed by atoms with Crippen LogP contribution < -0.4 is 9.04 Å². The molecule has 1 amide bonds. The number of nitrogens with zero attached hydrogens (tertiary/aromatic N) is 3. The summed E-state index contributed by atoms with van der Waals surface area (Å²) in [6, 6.07) is 4.61. The standard InChI is InChI=1S/C20H22F3N3O4S/c1-19(2,3)25(4)18(27)13-11-16-17(24-12-13)30-10-9-26(16)31(28,29)15-7-5-14(6-8-15)20(21,22)23/h5-8,11-12H,9-10H2,1-4H3. The molecule has 0 saturated carbocycles. The van der Waals surface area contributed by atoms with Gasteiger partial charge in [-0.05, 0) is 51.1 Å². The van der Waals surface area contributed by atoms with E-state index in [1.165, 1.54) is 17.2 Å². The van der Waals surface area contributed by atoms with Gasteiger partial charge in [0.1, 0.15) is 12.3 Å². The molecule has 1 aliphatic heterocycles. The Morgan fingerprint density at radius 3 is 2.32 bits per heavy atom. The molecule has 2 heterocycles. The molecule has 0 fully saturated rings. The van der Waals surface area contributed by atoms with Crippen molar-refractivity contribution in [2.45, 2.75) is 37.4 Å². The summed E-state index contributed by atoms with van der Waals surface area (Å²) in [5.41, 5.74) is -1.21. The Morgan fingerprint density at radius 2 is 1.77 bits per heavy atom. The monoisotopic (exact) mass is 457 g/mol. The van der Waals surface area contributed by atoms with Gasteiger partial charge in [0, 0.05) is 18.8 Å². The Balaban J connectivity index is 2.01. The molecule has 2 aromatic rings. The highest BCUT2D eigenvalue weighted by atomic mass is 32.2. The number of halogens is 3. The predicted octanol–water partition coefficient (Wildman–Crippen LogP) is 3.56. The van der Waals surface area contributed by atoms with E-state index in [-0.39, 0.29) is 41.1 Å². The van der Waals surface area contributed by atoms with Crippen LogP contribution in [0.5, 0.6) is 5.88 Å². The van der Waals surface area contributed by atoms with Crippen LogP contribution in [0.1, 0.15) is 36.7 Å². The fraction of sp³-hybridized carbons (Fsp3) is 0.400. The van der Waals surface area contributed by atoms with Crippen LogP contribution in [0.2, 0.25) is 0 Å². The van der Waals surface area contributed by atoms with Gasteiger partial charge in [0.15, 0.2) is 0 Å². The third-order valence-electron chi connectivity index (χ3n) is 4.96. The summed E-state index contributed by atoms with van der Waals surface area (Å²) in [7, 11) is -2.59. The number of amides is 1. The molecule has 11 heteroatoms. The first kappa shape index (κ1) is 22.9. The minimum atomic E-state index is -4.58. The Kier molecular flexibility index (Phi) is 5.68. The summed E-state index contributed by atoms with van der Waals surface area (Å²) in [4.78, 5) is 18.1. The van der Waals surface area contributed by atoms with Crippen molar-refractivity contribution >= 4 is 21.6 Å². The maximum absolute atomic E-state index is 13.2. The zero-order valence-electron chi connectivity index (χ0n) is 17.4. The van der Waals surface area contributed by atoms with Gasteiger partial charge in [-0.1, -0.05) is 0 Å². The summed E-state index contributed by atoms with van der Waals surface area (Å²) in [6.07, 6.45) is -3.27. The number of carbonyl (C=O) groups is 1. The number of pyridine rings is 1. The molecule has 0 saturated heterocycles. The first-order valence-electron chi connectivity index (χ1n) is 9.34. The number of hydrogen-bond acceptors (Lipinski definition) is 5. The topological polar surface area (TPSA) is 79.8 Å². The lowest BCUT2D eigenvalue weighted by Gasteiger charge is -2.33. The Labute approximate surface area is 178 Å². The van der Waals surface area contributed by atoms with Gasteiger partial charge in [-0.2, -0.15) is 13.2 Å². The zero-order valence-corrected chi connectivity index (χ0v) is 18.2. The van der Waals surface area contributed by atoms with E-state index in [1.807, 2.05) is 20.8 Å². The highest BCUT2D eigenvalue weighted by Crippen LogP contribution is 2.36. The van der Waals surface area contributed by atoms with Gasteiger partial charge in [0.05, 0.1) is 22.6 Å². The van der Waals surface area contributed by atoms with Gasteiger partial charge in [-0.3, -0.25) is 9.10 Å². The third kappa shape index (κ3) is 4.46. The minimum absolute atomic E-state index is 0.00898. The second-order valence-electron chi connectivity index (χ2n) is 8.03. The molecule has 31 heavy (non-hydrogen) atoms. The molecule has 1 aliphatic rings. The molecular formula is C20H22F3N3O4S. The van der Waals surface area contributed by atoms with E-state index >= 15 is 0 Å². The van der Waals surface area contributed by atoms with Crippen molar-refractivity contribution < 1.29 is 31.1 Å². The number of anilines is 1. The molecule has 0 aliphatic carbocycles. The van der Waals surface area contributed by atoms with E-state index in [0.29, 0.717) is 12.1 Å². The van der Waals surface area contributed by atoms with Crippen LogP contribution in [0.3, 0.4) is 0 Å². The Morgan fingerprint density at radius 1 is 1.16 bits per heavy atom. The lowest BCUT2D eigenvalue weighted by atomic mass is 10.1. The normalized spacial score (nSPS) is 14.6. The average Bonchev–Trinajstić information content (AvgIpc) is 2.70. The van der Waals surface area contributed by atoms with Crippen molar-refractivity contribution in [3.05, 3.63) is 47.7 Å². The lowest BCUT2D eigenvalue weighted by Crippen LogP contribution is -2.43. The number of benzene rings is 1. The van der Waals surface area contributed by atoms with Gasteiger partial charge in [-0.25, -0.2) is 13.4 Å². The first-order valence-corrected chi connectivity index (χ1v) is 10.8. The molecule has 168 valence electrons. The highest BCUT2D eigenvalue weighted by Gasteiger charge is 2.34. The zero-order chi connectivity index (χ0) is 23.2. The largest absolute Gasteiger partial charge is 0.474 e. The average molecular weight is 457 g/mol. The SMILES string of the molecule is CN(C(=O)c1cnc2c(c1)N(S(=O)(=O)c1ccc(C(F)(F)F)cc1)CCO2)C(C)(C)C.